The van der Waals surface area contributed by atoms with Crippen molar-refractivity contribution in [3.05, 3.63) is 29.3 Å². The Balaban J connectivity index is 2.41. The third-order valence-corrected chi connectivity index (χ3v) is 4.76. The largest absolute Gasteiger partial charge is 0.241 e. The number of para-hydroxylation sites is 1. The maximum absolute atomic E-state index is 4.84. The van der Waals surface area contributed by atoms with Gasteiger partial charge in [-0.25, -0.2) is 4.98 Å². The smallest absolute Gasteiger partial charge is 0.0997 e. The average molecular weight is 247 g/mol. The van der Waals surface area contributed by atoms with Gasteiger partial charge in [-0.3, -0.25) is 0 Å². The zero-order chi connectivity index (χ0) is 12.3. The van der Waals surface area contributed by atoms with E-state index in [1.807, 2.05) is 11.3 Å². The molecule has 1 heterocycles. The number of hydrogen-bond donors (Lipinski definition) is 0. The lowest BCUT2D eigenvalue weighted by Gasteiger charge is -2.26. The lowest BCUT2D eigenvalue weighted by atomic mass is 9.82. The van der Waals surface area contributed by atoms with Crippen LogP contribution in [0.1, 0.15) is 51.5 Å². The van der Waals surface area contributed by atoms with Gasteiger partial charge < -0.3 is 0 Å². The van der Waals surface area contributed by atoms with Crippen LogP contribution in [0.3, 0.4) is 0 Å². The van der Waals surface area contributed by atoms with E-state index in [-0.39, 0.29) is 5.41 Å². The van der Waals surface area contributed by atoms with Crippen molar-refractivity contribution in [2.24, 2.45) is 0 Å². The third kappa shape index (κ3) is 2.52. The van der Waals surface area contributed by atoms with E-state index in [0.29, 0.717) is 0 Å². The molecule has 1 aromatic carbocycles. The van der Waals surface area contributed by atoms with E-state index < -0.39 is 0 Å². The summed E-state index contributed by atoms with van der Waals surface area (Å²) in [6.07, 6.45) is 4.93. The molecule has 0 bridgehead atoms. The van der Waals surface area contributed by atoms with Crippen LogP contribution in [0.15, 0.2) is 24.3 Å². The summed E-state index contributed by atoms with van der Waals surface area (Å²) in [4.78, 5) is 4.84. The number of thiazole rings is 1. The highest BCUT2D eigenvalue weighted by Crippen LogP contribution is 2.38. The first-order valence-electron chi connectivity index (χ1n) is 6.55. The predicted octanol–water partition coefficient (Wildman–Crippen LogP) is 5.15. The molecule has 1 aromatic heterocycles. The molecule has 0 saturated heterocycles. The zero-order valence-corrected chi connectivity index (χ0v) is 11.8. The van der Waals surface area contributed by atoms with Crippen LogP contribution in [0.2, 0.25) is 0 Å². The first-order chi connectivity index (χ1) is 8.19. The Bertz CT molecular complexity index is 447. The summed E-state index contributed by atoms with van der Waals surface area (Å²) in [6, 6.07) is 8.46. The van der Waals surface area contributed by atoms with Gasteiger partial charge in [-0.15, -0.1) is 11.3 Å². The first kappa shape index (κ1) is 12.6. The number of hydrogen-bond acceptors (Lipinski definition) is 2. The van der Waals surface area contributed by atoms with Gasteiger partial charge in [-0.1, -0.05) is 45.7 Å². The Morgan fingerprint density at radius 3 is 2.35 bits per heavy atom. The van der Waals surface area contributed by atoms with Crippen molar-refractivity contribution in [1.29, 1.82) is 0 Å². The van der Waals surface area contributed by atoms with Crippen LogP contribution in [0, 0.1) is 0 Å². The van der Waals surface area contributed by atoms with Crippen molar-refractivity contribution < 1.29 is 0 Å². The molecule has 92 valence electrons. The molecule has 0 saturated carbocycles. The van der Waals surface area contributed by atoms with E-state index >= 15 is 0 Å². The van der Waals surface area contributed by atoms with E-state index in [2.05, 4.69) is 45.0 Å². The van der Waals surface area contributed by atoms with E-state index in [9.17, 15) is 0 Å². The third-order valence-electron chi connectivity index (χ3n) is 3.41. The van der Waals surface area contributed by atoms with Crippen molar-refractivity contribution in [3.63, 3.8) is 0 Å². The molecule has 0 unspecified atom stereocenters. The average Bonchev–Trinajstić information content (AvgIpc) is 2.74. The lowest BCUT2D eigenvalue weighted by molar-refractivity contribution is 0.391. The molecule has 0 N–H and O–H groups in total. The minimum absolute atomic E-state index is 0.271. The quantitative estimate of drug-likeness (QED) is 0.711. The molecule has 1 nitrogen and oxygen atoms in total. The molecule has 17 heavy (non-hydrogen) atoms. The molecule has 0 aliphatic rings. The number of fused-ring (bicyclic) bond motifs is 1. The van der Waals surface area contributed by atoms with Gasteiger partial charge in [0.1, 0.15) is 0 Å². The second-order valence-electron chi connectivity index (χ2n) is 5.05. The summed E-state index contributed by atoms with van der Waals surface area (Å²) < 4.78 is 1.32. The second kappa shape index (κ2) is 5.18. The fraction of sp³-hybridized carbons (Fsp3) is 0.533. The fourth-order valence-electron chi connectivity index (χ4n) is 2.57. The minimum Gasteiger partial charge on any atom is -0.241 e. The van der Waals surface area contributed by atoms with Gasteiger partial charge in [-0.2, -0.15) is 0 Å². The van der Waals surface area contributed by atoms with Gasteiger partial charge in [0.25, 0.3) is 0 Å². The maximum Gasteiger partial charge on any atom is 0.0997 e. The number of benzene rings is 1. The molecule has 2 aromatic rings. The standard InChI is InChI=1S/C15H21NS/c1-4-10-15(3,11-5-2)14-16-12-8-6-7-9-13(12)17-14/h6-9H,4-5,10-11H2,1-3H3. The van der Waals surface area contributed by atoms with Crippen LogP contribution in [-0.2, 0) is 5.41 Å². The van der Waals surface area contributed by atoms with Crippen molar-refractivity contribution in [1.82, 2.24) is 4.98 Å². The molecule has 0 aliphatic carbocycles. The molecular weight excluding hydrogens is 226 g/mol. The molecule has 0 amide bonds. The monoisotopic (exact) mass is 247 g/mol. The highest BCUT2D eigenvalue weighted by Gasteiger charge is 2.28. The molecule has 0 radical (unpaired) electrons. The van der Waals surface area contributed by atoms with Crippen LogP contribution in [0.25, 0.3) is 10.2 Å². The van der Waals surface area contributed by atoms with Crippen LogP contribution in [0.5, 0.6) is 0 Å². The molecule has 0 spiro atoms. The number of nitrogens with zero attached hydrogens (tertiary/aromatic N) is 1. The Hall–Kier alpha value is -0.890. The summed E-state index contributed by atoms with van der Waals surface area (Å²) in [5.41, 5.74) is 1.43. The fourth-order valence-corrected chi connectivity index (χ4v) is 3.74. The number of aromatic nitrogens is 1. The minimum atomic E-state index is 0.271. The Morgan fingerprint density at radius 1 is 1.12 bits per heavy atom. The summed E-state index contributed by atoms with van der Waals surface area (Å²) in [5.74, 6) is 0. The van der Waals surface area contributed by atoms with Crippen LogP contribution in [0.4, 0.5) is 0 Å². The van der Waals surface area contributed by atoms with Gasteiger partial charge in [-0.05, 0) is 25.0 Å². The molecule has 2 heteroatoms. The van der Waals surface area contributed by atoms with E-state index in [1.165, 1.54) is 35.4 Å². The predicted molar refractivity (Wildman–Crippen MR) is 76.8 cm³/mol. The van der Waals surface area contributed by atoms with Crippen molar-refractivity contribution >= 4 is 21.6 Å². The van der Waals surface area contributed by atoms with Gasteiger partial charge in [0.15, 0.2) is 0 Å². The van der Waals surface area contributed by atoms with Gasteiger partial charge >= 0.3 is 0 Å². The SMILES string of the molecule is CCCC(C)(CCC)c1nc2ccccc2s1. The lowest BCUT2D eigenvalue weighted by Crippen LogP contribution is -2.21. The van der Waals surface area contributed by atoms with Crippen molar-refractivity contribution in [3.8, 4) is 0 Å². The molecule has 0 atom stereocenters. The zero-order valence-electron chi connectivity index (χ0n) is 11.0. The molecule has 2 rings (SSSR count). The summed E-state index contributed by atoms with van der Waals surface area (Å²) in [6.45, 7) is 6.90. The van der Waals surface area contributed by atoms with Crippen LogP contribution < -0.4 is 0 Å². The Kier molecular flexibility index (Phi) is 3.82. The second-order valence-corrected chi connectivity index (χ2v) is 6.08. The highest BCUT2D eigenvalue weighted by molar-refractivity contribution is 7.18. The van der Waals surface area contributed by atoms with Gasteiger partial charge in [0, 0.05) is 5.41 Å². The van der Waals surface area contributed by atoms with E-state index in [4.69, 9.17) is 4.98 Å². The van der Waals surface area contributed by atoms with Crippen LogP contribution >= 0.6 is 11.3 Å². The topological polar surface area (TPSA) is 12.9 Å². The summed E-state index contributed by atoms with van der Waals surface area (Å²) >= 11 is 1.87. The maximum atomic E-state index is 4.84. The van der Waals surface area contributed by atoms with E-state index in [0.717, 1.165) is 5.52 Å². The molecule has 0 fully saturated rings. The molecule has 0 aliphatic heterocycles. The number of rotatable bonds is 5. The Morgan fingerprint density at radius 2 is 1.76 bits per heavy atom. The van der Waals surface area contributed by atoms with Crippen molar-refractivity contribution in [2.45, 2.75) is 51.9 Å². The first-order valence-corrected chi connectivity index (χ1v) is 7.37. The molecular formula is C15H21NS. The van der Waals surface area contributed by atoms with Gasteiger partial charge in [0.2, 0.25) is 0 Å². The summed E-state index contributed by atoms with van der Waals surface area (Å²) in [7, 11) is 0. The van der Waals surface area contributed by atoms with Gasteiger partial charge in [0.05, 0.1) is 15.2 Å². The normalized spacial score (nSPS) is 12.2. The Labute approximate surface area is 108 Å². The van der Waals surface area contributed by atoms with Crippen molar-refractivity contribution in [2.75, 3.05) is 0 Å². The van der Waals surface area contributed by atoms with Crippen LogP contribution in [-0.4, -0.2) is 4.98 Å². The summed E-state index contributed by atoms with van der Waals surface area (Å²) in [5, 5.41) is 1.32. The van der Waals surface area contributed by atoms with E-state index in [1.54, 1.807) is 0 Å². The highest BCUT2D eigenvalue weighted by atomic mass is 32.1.